The molecule has 0 saturated heterocycles. The fourth-order valence-corrected chi connectivity index (χ4v) is 2.29. The predicted octanol–water partition coefficient (Wildman–Crippen LogP) is 2.61. The van der Waals surface area contributed by atoms with E-state index in [0.29, 0.717) is 17.9 Å². The maximum Gasteiger partial charge on any atom is 0.339 e. The van der Waals surface area contributed by atoms with Gasteiger partial charge in [0.15, 0.2) is 0 Å². The van der Waals surface area contributed by atoms with Gasteiger partial charge in [-0.2, -0.15) is 0 Å². The Morgan fingerprint density at radius 1 is 1.35 bits per heavy atom. The van der Waals surface area contributed by atoms with Crippen molar-refractivity contribution in [2.75, 3.05) is 18.5 Å². The van der Waals surface area contributed by atoms with Crippen LogP contribution in [0.2, 0.25) is 0 Å². The highest BCUT2D eigenvalue weighted by Gasteiger charge is 2.26. The smallest absolute Gasteiger partial charge is 0.339 e. The van der Waals surface area contributed by atoms with E-state index in [1.54, 1.807) is 13.0 Å². The van der Waals surface area contributed by atoms with Gasteiger partial charge in [-0.05, 0) is 38.3 Å². The van der Waals surface area contributed by atoms with Crippen LogP contribution in [0.3, 0.4) is 0 Å². The van der Waals surface area contributed by atoms with E-state index in [1.807, 2.05) is 20.8 Å². The Labute approximate surface area is 120 Å². The summed E-state index contributed by atoms with van der Waals surface area (Å²) >= 11 is 0. The van der Waals surface area contributed by atoms with Gasteiger partial charge < -0.3 is 15.5 Å². The van der Waals surface area contributed by atoms with Crippen molar-refractivity contribution in [2.45, 2.75) is 40.5 Å². The van der Waals surface area contributed by atoms with Crippen LogP contribution in [0.1, 0.15) is 48.3 Å². The number of aryl methyl sites for hydroxylation is 2. The van der Waals surface area contributed by atoms with Gasteiger partial charge in [0, 0.05) is 17.7 Å². The van der Waals surface area contributed by atoms with Crippen molar-refractivity contribution in [1.82, 2.24) is 4.98 Å². The van der Waals surface area contributed by atoms with Crippen molar-refractivity contribution < 1.29 is 15.0 Å². The molecule has 20 heavy (non-hydrogen) atoms. The van der Waals surface area contributed by atoms with Crippen LogP contribution < -0.4 is 5.32 Å². The van der Waals surface area contributed by atoms with Crippen molar-refractivity contribution in [3.63, 3.8) is 0 Å². The summed E-state index contributed by atoms with van der Waals surface area (Å²) in [6, 6.07) is 1.76. The number of aromatic carboxylic acids is 1. The average molecular weight is 280 g/mol. The lowest BCUT2D eigenvalue weighted by Gasteiger charge is -2.30. The van der Waals surface area contributed by atoms with E-state index in [9.17, 15) is 15.0 Å². The van der Waals surface area contributed by atoms with Crippen LogP contribution in [0.4, 0.5) is 5.82 Å². The molecular formula is C15H24N2O3. The van der Waals surface area contributed by atoms with E-state index < -0.39 is 5.97 Å². The van der Waals surface area contributed by atoms with Gasteiger partial charge in [-0.3, -0.25) is 0 Å². The van der Waals surface area contributed by atoms with E-state index in [1.165, 1.54) is 0 Å². The SMILES string of the molecule is CCC(CC)(CO)CNc1nc(C)cc(C)c1C(=O)O. The highest BCUT2D eigenvalue weighted by atomic mass is 16.4. The number of nitrogens with zero attached hydrogens (tertiary/aromatic N) is 1. The number of aliphatic hydroxyl groups excluding tert-OH is 1. The Balaban J connectivity index is 3.06. The minimum atomic E-state index is -0.986. The first-order valence-corrected chi connectivity index (χ1v) is 6.95. The largest absolute Gasteiger partial charge is 0.478 e. The van der Waals surface area contributed by atoms with Crippen molar-refractivity contribution in [2.24, 2.45) is 5.41 Å². The van der Waals surface area contributed by atoms with Gasteiger partial charge in [-0.15, -0.1) is 0 Å². The first-order valence-electron chi connectivity index (χ1n) is 6.95. The number of hydrogen-bond acceptors (Lipinski definition) is 4. The Morgan fingerprint density at radius 2 is 1.95 bits per heavy atom. The molecule has 0 saturated carbocycles. The summed E-state index contributed by atoms with van der Waals surface area (Å²) < 4.78 is 0. The fourth-order valence-electron chi connectivity index (χ4n) is 2.29. The van der Waals surface area contributed by atoms with Gasteiger partial charge in [-0.25, -0.2) is 9.78 Å². The molecule has 1 rings (SSSR count). The monoisotopic (exact) mass is 280 g/mol. The number of hydrogen-bond donors (Lipinski definition) is 3. The second-order valence-corrected chi connectivity index (χ2v) is 5.33. The van der Waals surface area contributed by atoms with E-state index >= 15 is 0 Å². The molecule has 0 bridgehead atoms. The minimum Gasteiger partial charge on any atom is -0.478 e. The summed E-state index contributed by atoms with van der Waals surface area (Å²) in [5.41, 5.74) is 1.43. The van der Waals surface area contributed by atoms with Crippen LogP contribution >= 0.6 is 0 Å². The van der Waals surface area contributed by atoms with E-state index in [0.717, 1.165) is 18.5 Å². The molecule has 5 heteroatoms. The summed E-state index contributed by atoms with van der Waals surface area (Å²) in [6.07, 6.45) is 1.64. The topological polar surface area (TPSA) is 82.5 Å². The number of aliphatic hydroxyl groups is 1. The Hall–Kier alpha value is -1.62. The third-order valence-corrected chi connectivity index (χ3v) is 4.02. The van der Waals surface area contributed by atoms with Crippen LogP contribution in [-0.2, 0) is 0 Å². The Morgan fingerprint density at radius 3 is 2.40 bits per heavy atom. The summed E-state index contributed by atoms with van der Waals surface area (Å²) in [4.78, 5) is 15.6. The number of pyridine rings is 1. The zero-order valence-corrected chi connectivity index (χ0v) is 12.7. The molecular weight excluding hydrogens is 256 g/mol. The van der Waals surface area contributed by atoms with Crippen molar-refractivity contribution in [3.8, 4) is 0 Å². The van der Waals surface area contributed by atoms with Crippen LogP contribution in [-0.4, -0.2) is 34.3 Å². The molecule has 0 atom stereocenters. The van der Waals surface area contributed by atoms with Gasteiger partial charge in [0.1, 0.15) is 11.4 Å². The van der Waals surface area contributed by atoms with Gasteiger partial charge >= 0.3 is 5.97 Å². The highest BCUT2D eigenvalue weighted by Crippen LogP contribution is 2.27. The maximum absolute atomic E-state index is 11.4. The highest BCUT2D eigenvalue weighted by molar-refractivity contribution is 5.94. The average Bonchev–Trinajstić information content (AvgIpc) is 2.39. The summed E-state index contributed by atoms with van der Waals surface area (Å²) in [5.74, 6) is -0.602. The lowest BCUT2D eigenvalue weighted by molar-refractivity contribution is 0.0696. The van der Waals surface area contributed by atoms with Gasteiger partial charge in [-0.1, -0.05) is 13.8 Å². The van der Waals surface area contributed by atoms with Gasteiger partial charge in [0.05, 0.1) is 6.61 Å². The van der Waals surface area contributed by atoms with E-state index in [4.69, 9.17) is 0 Å². The number of aromatic nitrogens is 1. The summed E-state index contributed by atoms with van der Waals surface area (Å²) in [7, 11) is 0. The predicted molar refractivity (Wildman–Crippen MR) is 79.3 cm³/mol. The molecule has 0 fully saturated rings. The van der Waals surface area contributed by atoms with Crippen molar-refractivity contribution >= 4 is 11.8 Å². The van der Waals surface area contributed by atoms with E-state index in [-0.39, 0.29) is 17.6 Å². The summed E-state index contributed by atoms with van der Waals surface area (Å²) in [5, 5.41) is 22.0. The van der Waals surface area contributed by atoms with Crippen LogP contribution in [0.15, 0.2) is 6.07 Å². The standard InChI is InChI=1S/C15H24N2O3/c1-5-15(6-2,9-18)8-16-13-12(14(19)20)10(3)7-11(4)17-13/h7,18H,5-6,8-9H2,1-4H3,(H,16,17)(H,19,20). The molecule has 0 amide bonds. The lowest BCUT2D eigenvalue weighted by Crippen LogP contribution is -2.33. The zero-order chi connectivity index (χ0) is 15.3. The van der Waals surface area contributed by atoms with Gasteiger partial charge in [0.25, 0.3) is 0 Å². The molecule has 1 heterocycles. The second kappa shape index (κ2) is 6.70. The number of carboxylic acid groups (broad SMARTS) is 1. The molecule has 0 aromatic carbocycles. The summed E-state index contributed by atoms with van der Waals surface area (Å²) in [6.45, 7) is 8.22. The van der Waals surface area contributed by atoms with Crippen LogP contribution in [0.5, 0.6) is 0 Å². The number of nitrogens with one attached hydrogen (secondary N) is 1. The molecule has 0 aliphatic rings. The minimum absolute atomic E-state index is 0.0696. The molecule has 1 aromatic heterocycles. The molecule has 0 spiro atoms. The molecule has 0 aliphatic heterocycles. The Bertz CT molecular complexity index is 474. The third-order valence-electron chi connectivity index (χ3n) is 4.02. The number of anilines is 1. The van der Waals surface area contributed by atoms with Crippen LogP contribution in [0.25, 0.3) is 0 Å². The van der Waals surface area contributed by atoms with Gasteiger partial charge in [0.2, 0.25) is 0 Å². The molecule has 5 nitrogen and oxygen atoms in total. The fraction of sp³-hybridized carbons (Fsp3) is 0.600. The second-order valence-electron chi connectivity index (χ2n) is 5.33. The Kier molecular flexibility index (Phi) is 5.51. The van der Waals surface area contributed by atoms with Crippen molar-refractivity contribution in [1.29, 1.82) is 0 Å². The zero-order valence-electron chi connectivity index (χ0n) is 12.7. The van der Waals surface area contributed by atoms with Crippen molar-refractivity contribution in [3.05, 3.63) is 22.9 Å². The molecule has 0 radical (unpaired) electrons. The number of carboxylic acids is 1. The third kappa shape index (κ3) is 3.48. The quantitative estimate of drug-likeness (QED) is 0.715. The number of rotatable bonds is 7. The first-order chi connectivity index (χ1) is 9.39. The van der Waals surface area contributed by atoms with E-state index in [2.05, 4.69) is 10.3 Å². The molecule has 0 aliphatic carbocycles. The molecule has 112 valence electrons. The molecule has 3 N–H and O–H groups in total. The lowest BCUT2D eigenvalue weighted by atomic mass is 9.83. The molecule has 0 unspecified atom stereocenters. The maximum atomic E-state index is 11.4. The normalized spacial score (nSPS) is 11.4. The molecule has 1 aromatic rings. The first kappa shape index (κ1) is 16.4. The number of carbonyl (C=O) groups is 1. The van der Waals surface area contributed by atoms with Crippen LogP contribution in [0, 0.1) is 19.3 Å².